The number of hydrogen-bond acceptors (Lipinski definition) is 4. The van der Waals surface area contributed by atoms with Gasteiger partial charge in [-0.3, -0.25) is 14.4 Å². The van der Waals surface area contributed by atoms with Crippen LogP contribution < -0.4 is 10.6 Å². The summed E-state index contributed by atoms with van der Waals surface area (Å²) in [4.78, 5) is 43.4. The molecule has 0 aromatic heterocycles. The van der Waals surface area contributed by atoms with E-state index in [1.807, 2.05) is 6.08 Å². The maximum Gasteiger partial charge on any atom is 0.257 e. The van der Waals surface area contributed by atoms with Crippen LogP contribution in [0.25, 0.3) is 5.57 Å². The van der Waals surface area contributed by atoms with Crippen LogP contribution in [-0.2, 0) is 4.79 Å². The molecule has 0 bridgehead atoms. The average Bonchev–Trinajstić information content (AvgIpc) is 2.95. The van der Waals surface area contributed by atoms with Crippen molar-refractivity contribution in [3.05, 3.63) is 76.6 Å². The van der Waals surface area contributed by atoms with Gasteiger partial charge >= 0.3 is 0 Å². The number of piperidine rings is 1. The molecule has 39 heavy (non-hydrogen) atoms. The molecule has 4 rings (SSSR count). The maximum atomic E-state index is 15.0. The molecule has 3 amide bonds. The number of nitrogens with one attached hydrogen (secondary N) is 2. The predicted octanol–water partition coefficient (Wildman–Crippen LogP) is 3.75. The molecule has 2 aliphatic heterocycles. The summed E-state index contributed by atoms with van der Waals surface area (Å²) in [5, 5.41) is 5.89. The van der Waals surface area contributed by atoms with Crippen molar-refractivity contribution < 1.29 is 27.6 Å². The summed E-state index contributed by atoms with van der Waals surface area (Å²) in [5.41, 5.74) is -0.825. The van der Waals surface area contributed by atoms with Crippen LogP contribution in [0.1, 0.15) is 59.4 Å². The van der Waals surface area contributed by atoms with E-state index in [0.29, 0.717) is 26.1 Å². The monoisotopic (exact) mass is 542 g/mol. The molecule has 0 atom stereocenters. The molecule has 0 radical (unpaired) electrons. The number of amides is 3. The molecular weight excluding hydrogens is 509 g/mol. The van der Waals surface area contributed by atoms with Crippen molar-refractivity contribution in [2.75, 3.05) is 39.3 Å². The molecule has 7 nitrogen and oxygen atoms in total. The van der Waals surface area contributed by atoms with Crippen molar-refractivity contribution in [3.8, 4) is 0 Å². The van der Waals surface area contributed by atoms with E-state index in [2.05, 4.69) is 10.6 Å². The highest BCUT2D eigenvalue weighted by atomic mass is 19.1. The lowest BCUT2D eigenvalue weighted by Crippen LogP contribution is -2.64. The van der Waals surface area contributed by atoms with Crippen molar-refractivity contribution in [1.29, 1.82) is 0 Å². The molecule has 0 aliphatic carbocycles. The van der Waals surface area contributed by atoms with Gasteiger partial charge in [-0.15, -0.1) is 0 Å². The quantitative estimate of drug-likeness (QED) is 0.559. The number of rotatable bonds is 7. The van der Waals surface area contributed by atoms with Crippen LogP contribution in [0.2, 0.25) is 0 Å². The Kier molecular flexibility index (Phi) is 8.74. The Morgan fingerprint density at radius 3 is 2.13 bits per heavy atom. The third kappa shape index (κ3) is 5.85. The predicted molar refractivity (Wildman–Crippen MR) is 141 cm³/mol. The van der Waals surface area contributed by atoms with Gasteiger partial charge in [-0.25, -0.2) is 13.2 Å². The van der Waals surface area contributed by atoms with Gasteiger partial charge in [-0.05, 0) is 81.6 Å². The van der Waals surface area contributed by atoms with Crippen molar-refractivity contribution in [1.82, 2.24) is 20.4 Å². The van der Waals surface area contributed by atoms with E-state index >= 15 is 4.39 Å². The first-order chi connectivity index (χ1) is 18.7. The van der Waals surface area contributed by atoms with Gasteiger partial charge in [0.25, 0.3) is 11.8 Å². The lowest BCUT2D eigenvalue weighted by atomic mass is 9.85. The second-order valence-electron chi connectivity index (χ2n) is 9.78. The summed E-state index contributed by atoms with van der Waals surface area (Å²) in [6, 6.07) is 7.80. The van der Waals surface area contributed by atoms with Crippen molar-refractivity contribution >= 4 is 23.3 Å². The fourth-order valence-corrected chi connectivity index (χ4v) is 5.26. The van der Waals surface area contributed by atoms with Gasteiger partial charge in [0, 0.05) is 26.2 Å². The number of benzene rings is 2. The molecule has 2 heterocycles. The first kappa shape index (κ1) is 28.4. The van der Waals surface area contributed by atoms with Crippen molar-refractivity contribution in [2.45, 2.75) is 38.6 Å². The molecule has 2 aromatic carbocycles. The normalized spacial score (nSPS) is 16.8. The number of carbonyl (C=O) groups is 3. The Morgan fingerprint density at radius 2 is 1.56 bits per heavy atom. The number of carbonyl (C=O) groups excluding carboxylic acids is 3. The second-order valence-corrected chi connectivity index (χ2v) is 9.78. The molecule has 0 unspecified atom stereocenters. The van der Waals surface area contributed by atoms with Crippen molar-refractivity contribution in [2.24, 2.45) is 0 Å². The minimum atomic E-state index is -1.35. The Labute approximate surface area is 226 Å². The minimum Gasteiger partial charge on any atom is -0.339 e. The van der Waals surface area contributed by atoms with Crippen molar-refractivity contribution in [3.63, 3.8) is 0 Å². The lowest BCUT2D eigenvalue weighted by molar-refractivity contribution is -0.138. The van der Waals surface area contributed by atoms with E-state index < -0.39 is 40.1 Å². The summed E-state index contributed by atoms with van der Waals surface area (Å²) in [6.45, 7) is 5.46. The molecule has 1 fully saturated rings. The first-order valence-electron chi connectivity index (χ1n) is 13.3. The highest BCUT2D eigenvalue weighted by molar-refractivity contribution is 6.09. The van der Waals surface area contributed by atoms with E-state index in [4.69, 9.17) is 0 Å². The Morgan fingerprint density at radius 1 is 0.949 bits per heavy atom. The fraction of sp³-hybridized carbons (Fsp3) is 0.414. The highest BCUT2D eigenvalue weighted by Gasteiger charge is 2.44. The third-order valence-corrected chi connectivity index (χ3v) is 7.53. The summed E-state index contributed by atoms with van der Waals surface area (Å²) < 4.78 is 43.2. The fourth-order valence-electron chi connectivity index (χ4n) is 5.26. The average molecular weight is 543 g/mol. The largest absolute Gasteiger partial charge is 0.339 e. The van der Waals surface area contributed by atoms with Crippen LogP contribution in [0, 0.1) is 17.5 Å². The van der Waals surface area contributed by atoms with Crippen LogP contribution >= 0.6 is 0 Å². The number of halogens is 3. The molecule has 2 aliphatic rings. The molecular formula is C29H33F3N4O3. The summed E-state index contributed by atoms with van der Waals surface area (Å²) in [5.74, 6) is -4.48. The Hall–Kier alpha value is -3.66. The van der Waals surface area contributed by atoms with E-state index in [1.165, 1.54) is 17.0 Å². The molecule has 2 aromatic rings. The zero-order chi connectivity index (χ0) is 28.2. The van der Waals surface area contributed by atoms with Crippen LogP contribution in [-0.4, -0.2) is 72.3 Å². The topological polar surface area (TPSA) is 81.8 Å². The molecule has 0 spiro atoms. The molecule has 10 heteroatoms. The zero-order valence-electron chi connectivity index (χ0n) is 22.2. The minimum absolute atomic E-state index is 0.249. The molecule has 208 valence electrons. The van der Waals surface area contributed by atoms with Gasteiger partial charge in [0.15, 0.2) is 0 Å². The standard InChI is InChI=1S/C29H33F3N4O3/c1-3-35(4-2)27(38)25-23(32)10-9-22(31)24(25)26(37)34-29(13-15-33-16-14-29)28(39)36-17-11-20(12-18-36)19-5-7-21(30)8-6-19/h5-11,33H,3-4,12-18H2,1-2H3,(H,34,37). The summed E-state index contributed by atoms with van der Waals surface area (Å²) in [6.07, 6.45) is 2.94. The van der Waals surface area contributed by atoms with Gasteiger partial charge in [0.1, 0.15) is 23.0 Å². The van der Waals surface area contributed by atoms with Gasteiger partial charge in [-0.2, -0.15) is 0 Å². The van der Waals surface area contributed by atoms with Gasteiger partial charge in [0.2, 0.25) is 5.91 Å². The maximum absolute atomic E-state index is 15.0. The zero-order valence-corrected chi connectivity index (χ0v) is 22.2. The summed E-state index contributed by atoms with van der Waals surface area (Å²) >= 11 is 0. The van der Waals surface area contributed by atoms with Crippen LogP contribution in [0.3, 0.4) is 0 Å². The SMILES string of the molecule is CCN(CC)C(=O)c1c(F)ccc(F)c1C(=O)NC1(C(=O)N2CC=C(c3ccc(F)cc3)CC2)CCNCC1. The van der Waals surface area contributed by atoms with Gasteiger partial charge in [0.05, 0.1) is 11.1 Å². The smallest absolute Gasteiger partial charge is 0.257 e. The number of hydrogen-bond donors (Lipinski definition) is 2. The number of nitrogens with zero attached hydrogens (tertiary/aromatic N) is 2. The van der Waals surface area contributed by atoms with E-state index in [-0.39, 0.29) is 44.2 Å². The molecule has 1 saturated heterocycles. The van der Waals surface area contributed by atoms with Crippen LogP contribution in [0.4, 0.5) is 13.2 Å². The Bertz CT molecular complexity index is 1270. The van der Waals surface area contributed by atoms with Gasteiger partial charge < -0.3 is 20.4 Å². The van der Waals surface area contributed by atoms with E-state index in [9.17, 15) is 23.2 Å². The molecule has 2 N–H and O–H groups in total. The van der Waals surface area contributed by atoms with Crippen LogP contribution in [0.5, 0.6) is 0 Å². The van der Waals surface area contributed by atoms with Gasteiger partial charge in [-0.1, -0.05) is 18.2 Å². The highest BCUT2D eigenvalue weighted by Crippen LogP contribution is 2.28. The summed E-state index contributed by atoms with van der Waals surface area (Å²) in [7, 11) is 0. The van der Waals surface area contributed by atoms with E-state index in [1.54, 1.807) is 30.9 Å². The van der Waals surface area contributed by atoms with E-state index in [0.717, 1.165) is 23.3 Å². The Balaban J connectivity index is 1.61. The molecule has 0 saturated carbocycles. The third-order valence-electron chi connectivity index (χ3n) is 7.53. The van der Waals surface area contributed by atoms with Crippen LogP contribution in [0.15, 0.2) is 42.5 Å². The lowest BCUT2D eigenvalue weighted by Gasteiger charge is -2.41. The first-order valence-corrected chi connectivity index (χ1v) is 13.3. The second kappa shape index (κ2) is 12.0.